The average molecular weight is 320 g/mol. The van der Waals surface area contributed by atoms with Crippen LogP contribution in [0, 0.1) is 5.92 Å². The van der Waals surface area contributed by atoms with Gasteiger partial charge in [-0.3, -0.25) is 4.79 Å². The lowest BCUT2D eigenvalue weighted by atomic mass is 9.82. The number of carbonyl (C=O) groups excluding carboxylic acids is 1. The van der Waals surface area contributed by atoms with E-state index in [1.807, 2.05) is 0 Å². The van der Waals surface area contributed by atoms with Crippen LogP contribution in [0.1, 0.15) is 12.8 Å². The molecular formula is C13H15Cl2NO2S. The van der Waals surface area contributed by atoms with E-state index in [9.17, 15) is 4.79 Å². The molecule has 0 radical (unpaired) electrons. The molecule has 0 aliphatic heterocycles. The van der Waals surface area contributed by atoms with Crippen LogP contribution in [-0.4, -0.2) is 29.4 Å². The normalized spacial score (nSPS) is 21.8. The van der Waals surface area contributed by atoms with Gasteiger partial charge in [-0.25, -0.2) is 0 Å². The molecule has 1 aliphatic carbocycles. The van der Waals surface area contributed by atoms with Crippen molar-refractivity contribution in [3.8, 4) is 0 Å². The standard InChI is InChI=1S/C13H15Cl2NO2S/c14-9-1-2-11(15)12(5-9)19-7-13(18)16-6-8-3-10(17)4-8/h1-2,5,8,10,17H,3-4,6-7H2,(H,16,18). The Hall–Kier alpha value is -0.420. The number of carbonyl (C=O) groups is 1. The summed E-state index contributed by atoms with van der Waals surface area (Å²) >= 11 is 13.3. The van der Waals surface area contributed by atoms with Gasteiger partial charge in [0.15, 0.2) is 0 Å². The fourth-order valence-corrected chi connectivity index (χ4v) is 3.23. The van der Waals surface area contributed by atoms with Crippen molar-refractivity contribution in [3.63, 3.8) is 0 Å². The smallest absolute Gasteiger partial charge is 0.230 e. The van der Waals surface area contributed by atoms with Crippen LogP contribution in [-0.2, 0) is 4.79 Å². The van der Waals surface area contributed by atoms with E-state index in [2.05, 4.69) is 5.32 Å². The van der Waals surface area contributed by atoms with E-state index in [-0.39, 0.29) is 12.0 Å². The SMILES string of the molecule is O=C(CSc1cc(Cl)ccc1Cl)NCC1CC(O)C1. The highest BCUT2D eigenvalue weighted by atomic mass is 35.5. The molecule has 19 heavy (non-hydrogen) atoms. The molecule has 6 heteroatoms. The Morgan fingerprint density at radius 2 is 2.16 bits per heavy atom. The summed E-state index contributed by atoms with van der Waals surface area (Å²) in [5, 5.41) is 13.2. The maximum Gasteiger partial charge on any atom is 0.230 e. The van der Waals surface area contributed by atoms with Gasteiger partial charge in [-0.05, 0) is 37.0 Å². The van der Waals surface area contributed by atoms with E-state index < -0.39 is 0 Å². The van der Waals surface area contributed by atoms with Gasteiger partial charge in [0.1, 0.15) is 0 Å². The zero-order valence-corrected chi connectivity index (χ0v) is 12.6. The van der Waals surface area contributed by atoms with Crippen molar-refractivity contribution in [2.45, 2.75) is 23.8 Å². The van der Waals surface area contributed by atoms with Crippen molar-refractivity contribution < 1.29 is 9.90 Å². The first-order chi connectivity index (χ1) is 9.04. The minimum absolute atomic E-state index is 0.0255. The van der Waals surface area contributed by atoms with Crippen LogP contribution in [0.15, 0.2) is 23.1 Å². The maximum absolute atomic E-state index is 11.7. The van der Waals surface area contributed by atoms with Gasteiger partial charge in [0.2, 0.25) is 5.91 Å². The quantitative estimate of drug-likeness (QED) is 0.820. The van der Waals surface area contributed by atoms with E-state index in [1.54, 1.807) is 18.2 Å². The molecule has 0 bridgehead atoms. The van der Waals surface area contributed by atoms with E-state index >= 15 is 0 Å². The molecule has 0 unspecified atom stereocenters. The first-order valence-electron chi connectivity index (χ1n) is 6.07. The summed E-state index contributed by atoms with van der Waals surface area (Å²) in [4.78, 5) is 12.5. The summed E-state index contributed by atoms with van der Waals surface area (Å²) in [6, 6.07) is 5.19. The molecule has 0 saturated heterocycles. The first-order valence-corrected chi connectivity index (χ1v) is 7.81. The lowest BCUT2D eigenvalue weighted by Gasteiger charge is -2.31. The van der Waals surface area contributed by atoms with Crippen molar-refractivity contribution in [3.05, 3.63) is 28.2 Å². The minimum atomic E-state index is -0.179. The molecule has 1 aliphatic rings. The average Bonchev–Trinajstić information content (AvgIpc) is 2.34. The fourth-order valence-electron chi connectivity index (χ4n) is 1.91. The van der Waals surface area contributed by atoms with Crippen LogP contribution in [0.2, 0.25) is 10.0 Å². The van der Waals surface area contributed by atoms with E-state index in [0.717, 1.165) is 17.7 Å². The largest absolute Gasteiger partial charge is 0.393 e. The zero-order valence-electron chi connectivity index (χ0n) is 10.2. The monoisotopic (exact) mass is 319 g/mol. The number of aliphatic hydroxyl groups excluding tert-OH is 1. The molecule has 104 valence electrons. The molecule has 1 aromatic rings. The second kappa shape index (κ2) is 6.84. The van der Waals surface area contributed by atoms with Gasteiger partial charge in [0.05, 0.1) is 16.9 Å². The molecule has 2 rings (SSSR count). The summed E-state index contributed by atoms with van der Waals surface area (Å²) in [7, 11) is 0. The van der Waals surface area contributed by atoms with Gasteiger partial charge in [0.25, 0.3) is 0 Å². The molecule has 1 amide bonds. The Balaban J connectivity index is 1.72. The van der Waals surface area contributed by atoms with Gasteiger partial charge in [-0.1, -0.05) is 23.2 Å². The van der Waals surface area contributed by atoms with E-state index in [0.29, 0.717) is 28.3 Å². The summed E-state index contributed by atoms with van der Waals surface area (Å²) in [5.74, 6) is 0.705. The Bertz CT molecular complexity index is 464. The third-order valence-corrected chi connectivity index (χ3v) is 4.78. The van der Waals surface area contributed by atoms with Gasteiger partial charge < -0.3 is 10.4 Å². The summed E-state index contributed by atoms with van der Waals surface area (Å²) < 4.78 is 0. The van der Waals surface area contributed by atoms with Gasteiger partial charge in [-0.2, -0.15) is 0 Å². The summed E-state index contributed by atoms with van der Waals surface area (Å²) in [6.07, 6.45) is 1.39. The number of amides is 1. The third kappa shape index (κ3) is 4.56. The van der Waals surface area contributed by atoms with Crippen LogP contribution in [0.25, 0.3) is 0 Å². The number of rotatable bonds is 5. The molecule has 0 aromatic heterocycles. The predicted molar refractivity (Wildman–Crippen MR) is 78.9 cm³/mol. The minimum Gasteiger partial charge on any atom is -0.393 e. The fraction of sp³-hybridized carbons (Fsp3) is 0.462. The number of thioether (sulfide) groups is 1. The second-order valence-electron chi connectivity index (χ2n) is 4.66. The van der Waals surface area contributed by atoms with Crippen molar-refractivity contribution in [2.75, 3.05) is 12.3 Å². The number of halogens is 2. The number of nitrogens with one attached hydrogen (secondary N) is 1. The third-order valence-electron chi connectivity index (χ3n) is 3.05. The van der Waals surface area contributed by atoms with Gasteiger partial charge in [0, 0.05) is 16.5 Å². The lowest BCUT2D eigenvalue weighted by molar-refractivity contribution is -0.119. The highest BCUT2D eigenvalue weighted by Crippen LogP contribution is 2.30. The lowest BCUT2D eigenvalue weighted by Crippen LogP contribution is -2.38. The Morgan fingerprint density at radius 1 is 1.42 bits per heavy atom. The van der Waals surface area contributed by atoms with Crippen molar-refractivity contribution in [1.82, 2.24) is 5.32 Å². The Morgan fingerprint density at radius 3 is 2.84 bits per heavy atom. The van der Waals surface area contributed by atoms with Crippen molar-refractivity contribution in [2.24, 2.45) is 5.92 Å². The van der Waals surface area contributed by atoms with Gasteiger partial charge >= 0.3 is 0 Å². The maximum atomic E-state index is 11.7. The Kier molecular flexibility index (Phi) is 5.39. The summed E-state index contributed by atoms with van der Waals surface area (Å²) in [5.41, 5.74) is 0. The molecule has 2 N–H and O–H groups in total. The summed E-state index contributed by atoms with van der Waals surface area (Å²) in [6.45, 7) is 0.639. The molecule has 1 fully saturated rings. The van der Waals surface area contributed by atoms with Crippen LogP contribution < -0.4 is 5.32 Å². The topological polar surface area (TPSA) is 49.3 Å². The van der Waals surface area contributed by atoms with E-state index in [4.69, 9.17) is 28.3 Å². The molecular weight excluding hydrogens is 305 g/mol. The second-order valence-corrected chi connectivity index (χ2v) is 6.52. The number of hydrogen-bond acceptors (Lipinski definition) is 3. The molecule has 0 atom stereocenters. The molecule has 0 spiro atoms. The van der Waals surface area contributed by atoms with Crippen LogP contribution >= 0.6 is 35.0 Å². The van der Waals surface area contributed by atoms with Crippen LogP contribution in [0.5, 0.6) is 0 Å². The Labute approximate surface area is 126 Å². The highest BCUT2D eigenvalue weighted by molar-refractivity contribution is 8.00. The first kappa shape index (κ1) is 15.0. The molecule has 1 aromatic carbocycles. The molecule has 0 heterocycles. The number of aliphatic hydroxyl groups is 1. The zero-order chi connectivity index (χ0) is 13.8. The van der Waals surface area contributed by atoms with Crippen molar-refractivity contribution in [1.29, 1.82) is 0 Å². The van der Waals surface area contributed by atoms with Crippen molar-refractivity contribution >= 4 is 40.9 Å². The number of hydrogen-bond donors (Lipinski definition) is 2. The number of benzene rings is 1. The van der Waals surface area contributed by atoms with Crippen LogP contribution in [0.4, 0.5) is 0 Å². The molecule has 3 nitrogen and oxygen atoms in total. The molecule has 1 saturated carbocycles. The predicted octanol–water partition coefficient (Wildman–Crippen LogP) is 2.97. The van der Waals surface area contributed by atoms with Crippen LogP contribution in [0.3, 0.4) is 0 Å². The van der Waals surface area contributed by atoms with Gasteiger partial charge in [-0.15, -0.1) is 11.8 Å². The highest BCUT2D eigenvalue weighted by Gasteiger charge is 2.27. The van der Waals surface area contributed by atoms with E-state index in [1.165, 1.54) is 11.8 Å².